The van der Waals surface area contributed by atoms with Crippen molar-refractivity contribution in [2.75, 3.05) is 6.61 Å². The topological polar surface area (TPSA) is 84.6 Å². The molecule has 1 aromatic rings. The van der Waals surface area contributed by atoms with Crippen molar-refractivity contribution in [3.8, 4) is 0 Å². The van der Waals surface area contributed by atoms with E-state index in [1.165, 1.54) is 12.1 Å². The van der Waals surface area contributed by atoms with Crippen LogP contribution in [-0.4, -0.2) is 35.8 Å². The lowest BCUT2D eigenvalue weighted by atomic mass is 9.98. The number of rotatable bonds is 9. The summed E-state index contributed by atoms with van der Waals surface area (Å²) in [6.45, 7) is 1.76. The second kappa shape index (κ2) is 8.50. The van der Waals surface area contributed by atoms with E-state index >= 15 is 0 Å². The number of benzene rings is 1. The summed E-state index contributed by atoms with van der Waals surface area (Å²) in [7, 11) is 0. The van der Waals surface area contributed by atoms with E-state index in [0.29, 0.717) is 5.56 Å². The van der Waals surface area contributed by atoms with Gasteiger partial charge in [-0.05, 0) is 37.0 Å². The zero-order valence-electron chi connectivity index (χ0n) is 13.7. The fraction of sp³-hybridized carbons (Fsp3) is 0.588. The van der Waals surface area contributed by atoms with Crippen LogP contribution in [0.3, 0.4) is 0 Å². The average Bonchev–Trinajstić information content (AvgIpc) is 3.29. The fourth-order valence-corrected chi connectivity index (χ4v) is 2.33. The number of hydrogen-bond acceptors (Lipinski definition) is 4. The van der Waals surface area contributed by atoms with E-state index in [9.17, 15) is 18.7 Å². The predicted molar refractivity (Wildman–Crippen MR) is 84.9 cm³/mol. The number of nitrogens with one attached hydrogen (secondary N) is 1. The number of hydrogen-bond donors (Lipinski definition) is 3. The zero-order valence-corrected chi connectivity index (χ0v) is 13.7. The van der Waals surface area contributed by atoms with E-state index in [0.717, 1.165) is 18.9 Å². The molecule has 0 aromatic heterocycles. The molecule has 1 fully saturated rings. The molecular weight excluding hydrogens is 318 g/mol. The standard InChI is InChI=1S/C17H24F2N2O3/c1-10(17(23)21-14-2-3-14)4-16(22)15(20)9-24-8-11-5-12(18)7-13(19)6-11/h5-7,10,14-16,22H,2-4,8-9,20H2,1H3,(H,21,23)/t10-,15+,16+/m1/s1. The van der Waals surface area contributed by atoms with Gasteiger partial charge in [0, 0.05) is 18.0 Å². The lowest BCUT2D eigenvalue weighted by Crippen LogP contribution is -2.42. The second-order valence-corrected chi connectivity index (χ2v) is 6.44. The summed E-state index contributed by atoms with van der Waals surface area (Å²) >= 11 is 0. The molecule has 2 rings (SSSR count). The van der Waals surface area contributed by atoms with Gasteiger partial charge < -0.3 is 20.9 Å². The molecule has 5 nitrogen and oxygen atoms in total. The van der Waals surface area contributed by atoms with E-state index in [2.05, 4.69) is 5.32 Å². The van der Waals surface area contributed by atoms with Gasteiger partial charge in [-0.15, -0.1) is 0 Å². The van der Waals surface area contributed by atoms with E-state index in [1.807, 2.05) is 0 Å². The van der Waals surface area contributed by atoms with Gasteiger partial charge in [0.2, 0.25) is 5.91 Å². The Labute approximate surface area is 140 Å². The highest BCUT2D eigenvalue weighted by molar-refractivity contribution is 5.78. The first kappa shape index (κ1) is 18.8. The van der Waals surface area contributed by atoms with Crippen molar-refractivity contribution >= 4 is 5.91 Å². The van der Waals surface area contributed by atoms with Gasteiger partial charge in [0.25, 0.3) is 0 Å². The Hall–Kier alpha value is -1.57. The molecule has 1 aliphatic rings. The third kappa shape index (κ3) is 6.14. The van der Waals surface area contributed by atoms with Gasteiger partial charge in [-0.1, -0.05) is 6.92 Å². The third-order valence-corrected chi connectivity index (χ3v) is 3.96. The lowest BCUT2D eigenvalue weighted by molar-refractivity contribution is -0.125. The predicted octanol–water partition coefficient (Wildman–Crippen LogP) is 1.47. The van der Waals surface area contributed by atoms with Crippen molar-refractivity contribution in [1.82, 2.24) is 5.32 Å². The van der Waals surface area contributed by atoms with Crippen molar-refractivity contribution in [3.05, 3.63) is 35.4 Å². The minimum Gasteiger partial charge on any atom is -0.391 e. The summed E-state index contributed by atoms with van der Waals surface area (Å²) in [5.41, 5.74) is 6.20. The van der Waals surface area contributed by atoms with E-state index in [-0.39, 0.29) is 37.5 Å². The Morgan fingerprint density at radius 3 is 2.58 bits per heavy atom. The Morgan fingerprint density at radius 2 is 2.00 bits per heavy atom. The third-order valence-electron chi connectivity index (χ3n) is 3.96. The highest BCUT2D eigenvalue weighted by Gasteiger charge is 2.27. The van der Waals surface area contributed by atoms with Crippen molar-refractivity contribution in [2.24, 2.45) is 11.7 Å². The fourth-order valence-electron chi connectivity index (χ4n) is 2.33. The molecule has 0 radical (unpaired) electrons. The highest BCUT2D eigenvalue weighted by atomic mass is 19.1. The van der Waals surface area contributed by atoms with Crippen LogP contribution in [0.25, 0.3) is 0 Å². The number of halogens is 2. The maximum Gasteiger partial charge on any atom is 0.223 e. The van der Waals surface area contributed by atoms with Gasteiger partial charge in [0.15, 0.2) is 0 Å². The highest BCUT2D eigenvalue weighted by Crippen LogP contribution is 2.20. The summed E-state index contributed by atoms with van der Waals surface area (Å²) < 4.78 is 31.4. The smallest absolute Gasteiger partial charge is 0.223 e. The van der Waals surface area contributed by atoms with E-state index in [4.69, 9.17) is 10.5 Å². The van der Waals surface area contributed by atoms with Crippen molar-refractivity contribution < 1.29 is 23.4 Å². The van der Waals surface area contributed by atoms with Gasteiger partial charge in [-0.25, -0.2) is 8.78 Å². The molecule has 4 N–H and O–H groups in total. The summed E-state index contributed by atoms with van der Waals surface area (Å²) in [4.78, 5) is 11.8. The minimum absolute atomic E-state index is 0.00712. The van der Waals surface area contributed by atoms with Gasteiger partial charge in [0.05, 0.1) is 25.4 Å². The number of nitrogens with two attached hydrogens (primary N) is 1. The average molecular weight is 342 g/mol. The summed E-state index contributed by atoms with van der Waals surface area (Å²) in [5, 5.41) is 12.9. The van der Waals surface area contributed by atoms with Crippen LogP contribution in [0.5, 0.6) is 0 Å². The molecule has 1 aromatic carbocycles. The maximum absolute atomic E-state index is 13.1. The minimum atomic E-state index is -0.894. The van der Waals surface area contributed by atoms with Crippen LogP contribution < -0.4 is 11.1 Å². The summed E-state index contributed by atoms with van der Waals surface area (Å²) in [5.74, 6) is -1.77. The van der Waals surface area contributed by atoms with Crippen LogP contribution in [0.1, 0.15) is 31.7 Å². The summed E-state index contributed by atoms with van der Waals surface area (Å²) in [6.07, 6.45) is 1.36. The molecule has 0 spiro atoms. The SMILES string of the molecule is C[C@H](C[C@H](O)[C@@H](N)COCc1cc(F)cc(F)c1)C(=O)NC1CC1. The number of carbonyl (C=O) groups is 1. The molecular formula is C17H24F2N2O3. The number of aliphatic hydroxyl groups is 1. The molecule has 0 saturated heterocycles. The number of amides is 1. The van der Waals surface area contributed by atoms with Gasteiger partial charge in [-0.3, -0.25) is 4.79 Å². The lowest BCUT2D eigenvalue weighted by Gasteiger charge is -2.22. The maximum atomic E-state index is 13.1. The Morgan fingerprint density at radius 1 is 1.38 bits per heavy atom. The van der Waals surface area contributed by atoms with E-state index in [1.54, 1.807) is 6.92 Å². The molecule has 0 heterocycles. The second-order valence-electron chi connectivity index (χ2n) is 6.44. The number of ether oxygens (including phenoxy) is 1. The molecule has 7 heteroatoms. The molecule has 0 unspecified atom stereocenters. The molecule has 1 aliphatic carbocycles. The monoisotopic (exact) mass is 342 g/mol. The quantitative estimate of drug-likeness (QED) is 0.635. The first-order valence-corrected chi connectivity index (χ1v) is 8.12. The van der Waals surface area contributed by atoms with E-state index < -0.39 is 23.8 Å². The molecule has 0 bridgehead atoms. The molecule has 24 heavy (non-hydrogen) atoms. The van der Waals surface area contributed by atoms with Gasteiger partial charge >= 0.3 is 0 Å². The zero-order chi connectivity index (χ0) is 17.7. The molecule has 0 aliphatic heterocycles. The van der Waals surface area contributed by atoms with Crippen LogP contribution in [0, 0.1) is 17.6 Å². The largest absolute Gasteiger partial charge is 0.391 e. The van der Waals surface area contributed by atoms with Gasteiger partial charge in [-0.2, -0.15) is 0 Å². The summed E-state index contributed by atoms with van der Waals surface area (Å²) in [6, 6.07) is 2.73. The van der Waals surface area contributed by atoms with Crippen LogP contribution in [0.15, 0.2) is 18.2 Å². The number of aliphatic hydroxyl groups excluding tert-OH is 1. The number of carbonyl (C=O) groups excluding carboxylic acids is 1. The Kier molecular flexibility index (Phi) is 6.65. The normalized spacial score (nSPS) is 18.0. The van der Waals surface area contributed by atoms with Crippen LogP contribution in [-0.2, 0) is 16.1 Å². The first-order chi connectivity index (χ1) is 11.3. The Bertz CT molecular complexity index is 547. The van der Waals surface area contributed by atoms with Crippen molar-refractivity contribution in [1.29, 1.82) is 0 Å². The first-order valence-electron chi connectivity index (χ1n) is 8.12. The Balaban J connectivity index is 1.70. The van der Waals surface area contributed by atoms with Gasteiger partial charge in [0.1, 0.15) is 11.6 Å². The van der Waals surface area contributed by atoms with Crippen LogP contribution in [0.2, 0.25) is 0 Å². The van der Waals surface area contributed by atoms with Crippen LogP contribution in [0.4, 0.5) is 8.78 Å². The molecule has 134 valence electrons. The van der Waals surface area contributed by atoms with Crippen molar-refractivity contribution in [3.63, 3.8) is 0 Å². The molecule has 3 atom stereocenters. The van der Waals surface area contributed by atoms with Crippen LogP contribution >= 0.6 is 0 Å². The molecule has 1 amide bonds. The van der Waals surface area contributed by atoms with Crippen molar-refractivity contribution in [2.45, 2.75) is 51.0 Å². The molecule has 1 saturated carbocycles.